The van der Waals surface area contributed by atoms with E-state index in [0.717, 1.165) is 6.54 Å². The molecule has 1 heterocycles. The van der Waals surface area contributed by atoms with Gasteiger partial charge in [-0.25, -0.2) is 8.78 Å². The Bertz CT molecular complexity index is 505. The van der Waals surface area contributed by atoms with E-state index in [0.29, 0.717) is 13.0 Å². The van der Waals surface area contributed by atoms with Crippen LogP contribution in [0.25, 0.3) is 0 Å². The topological polar surface area (TPSA) is 29.1 Å². The molecule has 1 aliphatic heterocycles. The van der Waals surface area contributed by atoms with Crippen molar-refractivity contribution in [2.45, 2.75) is 27.2 Å². The molecule has 104 valence electrons. The number of rotatable bonds is 3. The second-order valence-corrected chi connectivity index (χ2v) is 5.62. The Morgan fingerprint density at radius 2 is 2.00 bits per heavy atom. The van der Waals surface area contributed by atoms with Crippen molar-refractivity contribution in [3.8, 4) is 0 Å². The number of Topliss-reactive ketones (excluding diaryl/α,β-unsaturated/α-hetero) is 1. The van der Waals surface area contributed by atoms with E-state index >= 15 is 0 Å². The minimum absolute atomic E-state index is 0.0822. The zero-order chi connectivity index (χ0) is 14.2. The fourth-order valence-corrected chi connectivity index (χ4v) is 2.75. The first kappa shape index (κ1) is 14.1. The predicted octanol–water partition coefficient (Wildman–Crippen LogP) is 3.09. The summed E-state index contributed by atoms with van der Waals surface area (Å²) in [5.74, 6) is -2.14. The molecular formula is C15H19F2NO. The van der Waals surface area contributed by atoms with Gasteiger partial charge in [-0.2, -0.15) is 0 Å². The first-order valence-corrected chi connectivity index (χ1v) is 6.60. The van der Waals surface area contributed by atoms with Gasteiger partial charge < -0.3 is 5.32 Å². The van der Waals surface area contributed by atoms with E-state index in [1.165, 1.54) is 19.1 Å². The van der Waals surface area contributed by atoms with Crippen LogP contribution in [0.2, 0.25) is 0 Å². The van der Waals surface area contributed by atoms with Gasteiger partial charge in [0.05, 0.1) is 5.56 Å². The first-order chi connectivity index (χ1) is 8.90. The Kier molecular flexibility index (Phi) is 3.72. The van der Waals surface area contributed by atoms with Crippen LogP contribution in [0.3, 0.4) is 0 Å². The highest BCUT2D eigenvalue weighted by atomic mass is 19.2. The minimum Gasteiger partial charge on any atom is -0.316 e. The summed E-state index contributed by atoms with van der Waals surface area (Å²) in [6.45, 7) is 6.65. The van der Waals surface area contributed by atoms with Gasteiger partial charge in [0.1, 0.15) is 0 Å². The maximum absolute atomic E-state index is 14.0. The summed E-state index contributed by atoms with van der Waals surface area (Å²) in [6.07, 6.45) is 0.665. The maximum Gasteiger partial charge on any atom is 0.173 e. The second-order valence-electron chi connectivity index (χ2n) is 5.62. The van der Waals surface area contributed by atoms with E-state index in [1.54, 1.807) is 0 Å². The molecular weight excluding hydrogens is 248 g/mol. The molecule has 1 aliphatic rings. The average Bonchev–Trinajstić information content (AvgIpc) is 2.86. The maximum atomic E-state index is 14.0. The lowest BCUT2D eigenvalue weighted by Crippen LogP contribution is -2.39. The third-order valence-corrected chi connectivity index (χ3v) is 4.27. The van der Waals surface area contributed by atoms with Crippen molar-refractivity contribution in [3.05, 3.63) is 34.9 Å². The van der Waals surface area contributed by atoms with Crippen LogP contribution in [0.15, 0.2) is 12.1 Å². The second kappa shape index (κ2) is 5.00. The van der Waals surface area contributed by atoms with Gasteiger partial charge in [-0.05, 0) is 37.4 Å². The van der Waals surface area contributed by atoms with Crippen molar-refractivity contribution in [2.24, 2.45) is 11.3 Å². The van der Waals surface area contributed by atoms with E-state index in [2.05, 4.69) is 5.32 Å². The van der Waals surface area contributed by atoms with Crippen molar-refractivity contribution in [1.29, 1.82) is 0 Å². The monoisotopic (exact) mass is 267 g/mol. The Hall–Kier alpha value is -1.29. The zero-order valence-corrected chi connectivity index (χ0v) is 11.5. The third kappa shape index (κ3) is 2.18. The molecule has 2 nitrogen and oxygen atoms in total. The van der Waals surface area contributed by atoms with Crippen LogP contribution >= 0.6 is 0 Å². The van der Waals surface area contributed by atoms with Crippen LogP contribution < -0.4 is 5.32 Å². The molecule has 0 amide bonds. The SMILES string of the molecule is Cc1ccc(C(=O)C2(C(C)C)CCNC2)c(F)c1F. The largest absolute Gasteiger partial charge is 0.316 e. The number of ketones is 1. The normalized spacial score (nSPS) is 23.1. The van der Waals surface area contributed by atoms with Crippen molar-refractivity contribution in [1.82, 2.24) is 5.32 Å². The highest BCUT2D eigenvalue weighted by molar-refractivity contribution is 6.01. The smallest absolute Gasteiger partial charge is 0.173 e. The number of hydrogen-bond donors (Lipinski definition) is 1. The lowest BCUT2D eigenvalue weighted by atomic mass is 9.71. The van der Waals surface area contributed by atoms with Crippen LogP contribution in [0.5, 0.6) is 0 Å². The summed E-state index contributed by atoms with van der Waals surface area (Å²) in [5.41, 5.74) is -0.527. The molecule has 1 saturated heterocycles. The number of carbonyl (C=O) groups is 1. The predicted molar refractivity (Wildman–Crippen MR) is 70.2 cm³/mol. The highest BCUT2D eigenvalue weighted by Gasteiger charge is 2.45. The molecule has 4 heteroatoms. The van der Waals surface area contributed by atoms with Crippen LogP contribution in [0.1, 0.15) is 36.2 Å². The molecule has 1 unspecified atom stereocenters. The molecule has 0 saturated carbocycles. The summed E-state index contributed by atoms with van der Waals surface area (Å²) in [4.78, 5) is 12.6. The van der Waals surface area contributed by atoms with E-state index in [-0.39, 0.29) is 22.8 Å². The number of benzene rings is 1. The molecule has 1 atom stereocenters. The summed E-state index contributed by atoms with van der Waals surface area (Å²) in [6, 6.07) is 2.86. The molecule has 0 aromatic heterocycles. The van der Waals surface area contributed by atoms with E-state index in [9.17, 15) is 13.6 Å². The van der Waals surface area contributed by atoms with Crippen LogP contribution in [0, 0.1) is 29.9 Å². The van der Waals surface area contributed by atoms with E-state index < -0.39 is 17.0 Å². The summed E-state index contributed by atoms with van der Waals surface area (Å²) >= 11 is 0. The molecule has 2 rings (SSSR count). The lowest BCUT2D eigenvalue weighted by molar-refractivity contribution is 0.0734. The van der Waals surface area contributed by atoms with Gasteiger partial charge in [0, 0.05) is 12.0 Å². The molecule has 0 radical (unpaired) electrons. The van der Waals surface area contributed by atoms with Gasteiger partial charge >= 0.3 is 0 Å². The number of carbonyl (C=O) groups excluding carboxylic acids is 1. The summed E-state index contributed by atoms with van der Waals surface area (Å²) in [5, 5.41) is 3.15. The highest BCUT2D eigenvalue weighted by Crippen LogP contribution is 2.38. The van der Waals surface area contributed by atoms with E-state index in [4.69, 9.17) is 0 Å². The molecule has 1 aromatic carbocycles. The number of aryl methyl sites for hydroxylation is 1. The standard InChI is InChI=1S/C15H19F2NO/c1-9(2)15(6-7-18-8-15)14(19)11-5-4-10(3)12(16)13(11)17/h4-5,9,18H,6-8H2,1-3H3. The molecule has 0 bridgehead atoms. The molecule has 19 heavy (non-hydrogen) atoms. The number of halogens is 2. The van der Waals surface area contributed by atoms with Gasteiger partial charge in [-0.1, -0.05) is 19.9 Å². The van der Waals surface area contributed by atoms with Gasteiger partial charge in [-0.15, -0.1) is 0 Å². The average molecular weight is 267 g/mol. The summed E-state index contributed by atoms with van der Waals surface area (Å²) in [7, 11) is 0. The van der Waals surface area contributed by atoms with Gasteiger partial charge in [-0.3, -0.25) is 4.79 Å². The molecule has 0 aliphatic carbocycles. The van der Waals surface area contributed by atoms with Gasteiger partial charge in [0.2, 0.25) is 0 Å². The molecule has 1 N–H and O–H groups in total. The summed E-state index contributed by atoms with van der Waals surface area (Å²) < 4.78 is 27.6. The molecule has 1 aromatic rings. The van der Waals surface area contributed by atoms with Crippen LogP contribution in [-0.4, -0.2) is 18.9 Å². The van der Waals surface area contributed by atoms with Crippen molar-refractivity contribution in [3.63, 3.8) is 0 Å². The Labute approximate surface area is 112 Å². The van der Waals surface area contributed by atoms with E-state index in [1.807, 2.05) is 13.8 Å². The Morgan fingerprint density at radius 3 is 2.53 bits per heavy atom. The van der Waals surface area contributed by atoms with Crippen molar-refractivity contribution >= 4 is 5.78 Å². The minimum atomic E-state index is -1.02. The Balaban J connectivity index is 2.47. The van der Waals surface area contributed by atoms with Crippen molar-refractivity contribution in [2.75, 3.05) is 13.1 Å². The fourth-order valence-electron chi connectivity index (χ4n) is 2.75. The fraction of sp³-hybridized carbons (Fsp3) is 0.533. The van der Waals surface area contributed by atoms with Crippen LogP contribution in [-0.2, 0) is 0 Å². The number of nitrogens with one attached hydrogen (secondary N) is 1. The Morgan fingerprint density at radius 1 is 1.32 bits per heavy atom. The van der Waals surface area contributed by atoms with Gasteiger partial charge in [0.25, 0.3) is 0 Å². The van der Waals surface area contributed by atoms with Crippen molar-refractivity contribution < 1.29 is 13.6 Å². The number of hydrogen-bond acceptors (Lipinski definition) is 2. The quantitative estimate of drug-likeness (QED) is 0.853. The third-order valence-electron chi connectivity index (χ3n) is 4.27. The molecule has 1 fully saturated rings. The first-order valence-electron chi connectivity index (χ1n) is 6.60. The van der Waals surface area contributed by atoms with Crippen LogP contribution in [0.4, 0.5) is 8.78 Å². The zero-order valence-electron chi connectivity index (χ0n) is 11.5. The lowest BCUT2D eigenvalue weighted by Gasteiger charge is -2.31. The van der Waals surface area contributed by atoms with Gasteiger partial charge in [0.15, 0.2) is 17.4 Å². The molecule has 0 spiro atoms.